The Morgan fingerprint density at radius 2 is 1.83 bits per heavy atom. The number of nitrogens with zero attached hydrogens (tertiary/aromatic N) is 1. The molecule has 0 aromatic heterocycles. The van der Waals surface area contributed by atoms with Crippen LogP contribution in [0.3, 0.4) is 0 Å². The minimum absolute atomic E-state index is 0.154. The molecule has 0 amide bonds. The molecule has 0 saturated heterocycles. The Labute approximate surface area is 112 Å². The molecule has 0 rings (SSSR count). The third-order valence-electron chi connectivity index (χ3n) is 3.33. The summed E-state index contributed by atoms with van der Waals surface area (Å²) in [7, 11) is 1.85. The van der Waals surface area contributed by atoms with Gasteiger partial charge in [0.15, 0.2) is 8.32 Å². The van der Waals surface area contributed by atoms with Gasteiger partial charge in [0.1, 0.15) is 0 Å². The van der Waals surface area contributed by atoms with Crippen LogP contribution in [0.2, 0.25) is 18.1 Å². The number of hydrogen-bond acceptors (Lipinski definition) is 3. The number of carboxylic acids is 1. The van der Waals surface area contributed by atoms with Crippen LogP contribution in [0.5, 0.6) is 0 Å². The van der Waals surface area contributed by atoms with Crippen LogP contribution in [-0.4, -0.2) is 45.0 Å². The Bertz CT molecular complexity index is 317. The van der Waals surface area contributed by atoms with Crippen LogP contribution < -0.4 is 0 Å². The normalized spacial score (nSPS) is 13.6. The first kappa shape index (κ1) is 17.2. The van der Waals surface area contributed by atoms with E-state index in [4.69, 9.17) is 9.53 Å². The molecule has 106 valence electrons. The van der Waals surface area contributed by atoms with Gasteiger partial charge in [0.25, 0.3) is 0 Å². The highest BCUT2D eigenvalue weighted by atomic mass is 28.4. The number of carboxylic acid groups (broad SMARTS) is 1. The molecule has 0 aliphatic rings. The second-order valence-corrected chi connectivity index (χ2v) is 11.1. The van der Waals surface area contributed by atoms with E-state index < -0.39 is 14.3 Å². The lowest BCUT2D eigenvalue weighted by Crippen LogP contribution is -2.41. The third kappa shape index (κ3) is 5.69. The average Bonchev–Trinajstić information content (AvgIpc) is 2.13. The number of hydrogen-bond donors (Lipinski definition) is 1. The lowest BCUT2D eigenvalue weighted by Gasteiger charge is -2.36. The minimum atomic E-state index is -1.78. The van der Waals surface area contributed by atoms with Gasteiger partial charge in [-0.2, -0.15) is 0 Å². The molecule has 0 aromatic carbocycles. The molecule has 0 aliphatic heterocycles. The zero-order valence-corrected chi connectivity index (χ0v) is 13.7. The van der Waals surface area contributed by atoms with Crippen LogP contribution >= 0.6 is 0 Å². The first-order valence-electron chi connectivity index (χ1n) is 6.22. The van der Waals surface area contributed by atoms with Crippen molar-refractivity contribution in [1.29, 1.82) is 0 Å². The monoisotopic (exact) mass is 273 g/mol. The van der Waals surface area contributed by atoms with E-state index in [0.29, 0.717) is 18.6 Å². The van der Waals surface area contributed by atoms with E-state index in [1.54, 1.807) is 11.1 Å². The fourth-order valence-corrected chi connectivity index (χ4v) is 2.22. The van der Waals surface area contributed by atoms with E-state index in [9.17, 15) is 4.79 Å². The summed E-state index contributed by atoms with van der Waals surface area (Å²) in [4.78, 5) is 12.8. The molecule has 0 spiro atoms. The summed E-state index contributed by atoms with van der Waals surface area (Å²) in [5.74, 6) is -0.873. The predicted molar refractivity (Wildman–Crippen MR) is 77.2 cm³/mol. The van der Waals surface area contributed by atoms with Gasteiger partial charge < -0.3 is 14.4 Å². The Hall–Kier alpha value is -0.813. The quantitative estimate of drug-likeness (QED) is 0.597. The summed E-state index contributed by atoms with van der Waals surface area (Å²) in [6, 6.07) is 0. The van der Waals surface area contributed by atoms with Crippen molar-refractivity contribution in [2.24, 2.45) is 0 Å². The van der Waals surface area contributed by atoms with E-state index in [1.807, 2.05) is 14.1 Å². The van der Waals surface area contributed by atoms with Crippen LogP contribution in [0.1, 0.15) is 27.2 Å². The molecule has 0 heterocycles. The van der Waals surface area contributed by atoms with Gasteiger partial charge in [-0.05, 0) is 18.1 Å². The lowest BCUT2D eigenvalue weighted by molar-refractivity contribution is -0.133. The smallest absolute Gasteiger partial charge is 0.333 e. The van der Waals surface area contributed by atoms with E-state index in [1.165, 1.54) is 0 Å². The largest absolute Gasteiger partial charge is 0.478 e. The van der Waals surface area contributed by atoms with Crippen molar-refractivity contribution in [1.82, 2.24) is 4.90 Å². The zero-order valence-electron chi connectivity index (χ0n) is 12.7. The number of aliphatic carboxylic acids is 1. The Kier molecular flexibility index (Phi) is 6.09. The molecule has 0 fully saturated rings. The molecule has 0 radical (unpaired) electrons. The van der Waals surface area contributed by atoms with Crippen molar-refractivity contribution in [3.8, 4) is 0 Å². The van der Waals surface area contributed by atoms with Gasteiger partial charge in [-0.3, -0.25) is 0 Å². The summed E-state index contributed by atoms with van der Waals surface area (Å²) in [6.45, 7) is 11.3. The van der Waals surface area contributed by atoms with Crippen molar-refractivity contribution in [3.63, 3.8) is 0 Å². The van der Waals surface area contributed by atoms with Crippen molar-refractivity contribution in [2.45, 2.75) is 45.3 Å². The zero-order chi connectivity index (χ0) is 14.6. The van der Waals surface area contributed by atoms with Gasteiger partial charge in [-0.15, -0.1) is 0 Å². The fraction of sp³-hybridized carbons (Fsp3) is 0.769. The summed E-state index contributed by atoms with van der Waals surface area (Å²) in [5, 5.41) is 9.23. The SMILES string of the molecule is CN(C)C=C(CCO[Si](C)(C)C(C)(C)C)C(=O)O. The summed E-state index contributed by atoms with van der Waals surface area (Å²) < 4.78 is 5.97. The second-order valence-electron chi connectivity index (χ2n) is 6.28. The topological polar surface area (TPSA) is 49.8 Å². The van der Waals surface area contributed by atoms with E-state index in [-0.39, 0.29) is 5.04 Å². The molecule has 1 N–H and O–H groups in total. The van der Waals surface area contributed by atoms with Crippen molar-refractivity contribution in [3.05, 3.63) is 11.8 Å². The van der Waals surface area contributed by atoms with Gasteiger partial charge in [0.2, 0.25) is 0 Å². The highest BCUT2D eigenvalue weighted by Crippen LogP contribution is 2.36. The molecule has 18 heavy (non-hydrogen) atoms. The third-order valence-corrected chi connectivity index (χ3v) is 7.87. The first-order valence-corrected chi connectivity index (χ1v) is 9.12. The highest BCUT2D eigenvalue weighted by Gasteiger charge is 2.36. The van der Waals surface area contributed by atoms with Gasteiger partial charge >= 0.3 is 5.97 Å². The fourth-order valence-electron chi connectivity index (χ4n) is 1.17. The highest BCUT2D eigenvalue weighted by molar-refractivity contribution is 6.74. The number of carbonyl (C=O) groups is 1. The molecule has 4 nitrogen and oxygen atoms in total. The standard InChI is InChI=1S/C13H27NO3Si/c1-13(2,3)18(6,7)17-9-8-11(12(15)16)10-14(4)5/h10H,8-9H2,1-7H3,(H,15,16). The molecule has 0 unspecified atom stereocenters. The maximum atomic E-state index is 11.0. The van der Waals surface area contributed by atoms with Gasteiger partial charge in [0.05, 0.1) is 5.57 Å². The van der Waals surface area contributed by atoms with Gasteiger partial charge in [-0.25, -0.2) is 4.79 Å². The Balaban J connectivity index is 4.46. The van der Waals surface area contributed by atoms with E-state index in [2.05, 4.69) is 33.9 Å². The predicted octanol–water partition coefficient (Wildman–Crippen LogP) is 2.93. The van der Waals surface area contributed by atoms with Crippen LogP contribution in [0, 0.1) is 0 Å². The van der Waals surface area contributed by atoms with Crippen molar-refractivity contribution >= 4 is 14.3 Å². The average molecular weight is 273 g/mol. The summed E-state index contributed by atoms with van der Waals surface area (Å²) in [5.41, 5.74) is 0.388. The molecule has 0 saturated carbocycles. The molecular weight excluding hydrogens is 246 g/mol. The molecular formula is C13H27NO3Si. The van der Waals surface area contributed by atoms with Crippen molar-refractivity contribution < 1.29 is 14.3 Å². The lowest BCUT2D eigenvalue weighted by atomic mass is 10.2. The van der Waals surface area contributed by atoms with Crippen molar-refractivity contribution in [2.75, 3.05) is 20.7 Å². The minimum Gasteiger partial charge on any atom is -0.478 e. The number of rotatable bonds is 6. The second kappa shape index (κ2) is 6.38. The van der Waals surface area contributed by atoms with Crippen LogP contribution in [0.15, 0.2) is 11.8 Å². The Morgan fingerprint density at radius 1 is 1.33 bits per heavy atom. The molecule has 0 atom stereocenters. The maximum absolute atomic E-state index is 11.0. The van der Waals surface area contributed by atoms with Crippen LogP contribution in [-0.2, 0) is 9.22 Å². The van der Waals surface area contributed by atoms with E-state index in [0.717, 1.165) is 0 Å². The molecule has 0 aliphatic carbocycles. The van der Waals surface area contributed by atoms with Crippen LogP contribution in [0.25, 0.3) is 0 Å². The van der Waals surface area contributed by atoms with Crippen LogP contribution in [0.4, 0.5) is 0 Å². The molecule has 0 bridgehead atoms. The molecule has 0 aromatic rings. The van der Waals surface area contributed by atoms with E-state index >= 15 is 0 Å². The maximum Gasteiger partial charge on any atom is 0.333 e. The summed E-state index contributed by atoms with van der Waals surface area (Å²) >= 11 is 0. The Morgan fingerprint density at radius 3 is 2.17 bits per heavy atom. The first-order chi connectivity index (χ1) is 7.97. The van der Waals surface area contributed by atoms with Gasteiger partial charge in [-0.1, -0.05) is 20.8 Å². The summed E-state index contributed by atoms with van der Waals surface area (Å²) in [6.07, 6.45) is 2.08. The van der Waals surface area contributed by atoms with Gasteiger partial charge in [0, 0.05) is 33.3 Å². The molecule has 5 heteroatoms.